The van der Waals surface area contributed by atoms with Gasteiger partial charge in [0.05, 0.1) is 0 Å². The second-order valence-corrected chi connectivity index (χ2v) is 6.91. The van der Waals surface area contributed by atoms with Crippen molar-refractivity contribution in [1.29, 1.82) is 0 Å². The first kappa shape index (κ1) is 15.5. The van der Waals surface area contributed by atoms with Gasteiger partial charge in [0.2, 0.25) is 5.91 Å². The SMILES string of the molecule is O=C1CC(Cc2ccccc2CNCCC2CCCCC2)N1. The number of nitrogens with one attached hydrogen (secondary N) is 2. The van der Waals surface area contributed by atoms with Crippen LogP contribution in [0.4, 0.5) is 0 Å². The molecule has 0 aromatic heterocycles. The van der Waals surface area contributed by atoms with Crippen molar-refractivity contribution < 1.29 is 4.79 Å². The van der Waals surface area contributed by atoms with Gasteiger partial charge in [-0.2, -0.15) is 0 Å². The Labute approximate surface area is 133 Å². The van der Waals surface area contributed by atoms with Gasteiger partial charge in [0.1, 0.15) is 0 Å². The molecule has 120 valence electrons. The molecule has 1 aliphatic heterocycles. The first-order valence-corrected chi connectivity index (χ1v) is 8.88. The van der Waals surface area contributed by atoms with Crippen molar-refractivity contribution in [2.45, 2.75) is 64.0 Å². The summed E-state index contributed by atoms with van der Waals surface area (Å²) in [6.07, 6.45) is 10.1. The van der Waals surface area contributed by atoms with Crippen molar-refractivity contribution in [3.63, 3.8) is 0 Å². The third kappa shape index (κ3) is 4.33. The fourth-order valence-electron chi connectivity index (χ4n) is 3.75. The zero-order valence-corrected chi connectivity index (χ0v) is 13.4. The number of amides is 1. The highest BCUT2D eigenvalue weighted by Crippen LogP contribution is 2.25. The molecule has 1 saturated carbocycles. The van der Waals surface area contributed by atoms with Gasteiger partial charge in [0.25, 0.3) is 0 Å². The number of rotatable bonds is 7. The Morgan fingerprint density at radius 1 is 1.09 bits per heavy atom. The largest absolute Gasteiger partial charge is 0.352 e. The van der Waals surface area contributed by atoms with Crippen LogP contribution in [-0.2, 0) is 17.8 Å². The Hall–Kier alpha value is -1.35. The Kier molecular flexibility index (Phi) is 5.49. The first-order chi connectivity index (χ1) is 10.8. The van der Waals surface area contributed by atoms with Crippen molar-refractivity contribution in [3.05, 3.63) is 35.4 Å². The van der Waals surface area contributed by atoms with Gasteiger partial charge in [0, 0.05) is 19.0 Å². The molecule has 22 heavy (non-hydrogen) atoms. The molecule has 0 bridgehead atoms. The van der Waals surface area contributed by atoms with Gasteiger partial charge in [-0.15, -0.1) is 0 Å². The quantitative estimate of drug-likeness (QED) is 0.600. The molecule has 1 unspecified atom stereocenters. The van der Waals surface area contributed by atoms with Gasteiger partial charge in [-0.05, 0) is 36.4 Å². The van der Waals surface area contributed by atoms with Gasteiger partial charge < -0.3 is 10.6 Å². The van der Waals surface area contributed by atoms with Crippen molar-refractivity contribution >= 4 is 5.91 Å². The Bertz CT molecular complexity index is 486. The number of hydrogen-bond donors (Lipinski definition) is 2. The summed E-state index contributed by atoms with van der Waals surface area (Å²) in [6.45, 7) is 2.07. The van der Waals surface area contributed by atoms with E-state index in [-0.39, 0.29) is 5.91 Å². The molecule has 3 heteroatoms. The molecule has 2 N–H and O–H groups in total. The Morgan fingerprint density at radius 2 is 1.82 bits per heavy atom. The van der Waals surface area contributed by atoms with Crippen LogP contribution in [0.3, 0.4) is 0 Å². The second-order valence-electron chi connectivity index (χ2n) is 6.91. The van der Waals surface area contributed by atoms with E-state index >= 15 is 0 Å². The van der Waals surface area contributed by atoms with Crippen LogP contribution >= 0.6 is 0 Å². The number of carbonyl (C=O) groups excluding carboxylic acids is 1. The van der Waals surface area contributed by atoms with E-state index in [1.807, 2.05) is 0 Å². The predicted molar refractivity (Wildman–Crippen MR) is 89.6 cm³/mol. The zero-order valence-electron chi connectivity index (χ0n) is 13.4. The summed E-state index contributed by atoms with van der Waals surface area (Å²) in [4.78, 5) is 11.0. The predicted octanol–water partition coefficient (Wildman–Crippen LogP) is 3.18. The Balaban J connectivity index is 1.42. The summed E-state index contributed by atoms with van der Waals surface area (Å²) in [5.41, 5.74) is 2.75. The van der Waals surface area contributed by atoms with Gasteiger partial charge in [-0.25, -0.2) is 0 Å². The fourth-order valence-corrected chi connectivity index (χ4v) is 3.75. The molecule has 0 radical (unpaired) electrons. The smallest absolute Gasteiger partial charge is 0.222 e. The van der Waals surface area contributed by atoms with Crippen molar-refractivity contribution in [1.82, 2.24) is 10.6 Å². The van der Waals surface area contributed by atoms with Crippen LogP contribution in [0.25, 0.3) is 0 Å². The zero-order chi connectivity index (χ0) is 15.2. The molecule has 1 amide bonds. The molecular weight excluding hydrogens is 272 g/mol. The van der Waals surface area contributed by atoms with Gasteiger partial charge in [-0.1, -0.05) is 56.4 Å². The van der Waals surface area contributed by atoms with E-state index in [1.165, 1.54) is 49.7 Å². The summed E-state index contributed by atoms with van der Waals surface area (Å²) in [6, 6.07) is 8.96. The highest BCUT2D eigenvalue weighted by molar-refractivity contribution is 5.82. The molecule has 1 aromatic rings. The molecule has 1 atom stereocenters. The number of carbonyl (C=O) groups is 1. The van der Waals surface area contributed by atoms with Crippen LogP contribution in [-0.4, -0.2) is 18.5 Å². The third-order valence-electron chi connectivity index (χ3n) is 5.15. The molecular formula is C19H28N2O. The summed E-state index contributed by atoms with van der Waals surface area (Å²) >= 11 is 0. The molecule has 2 aliphatic rings. The lowest BCUT2D eigenvalue weighted by Gasteiger charge is -2.27. The molecule has 2 fully saturated rings. The number of β-lactam (4-membered cyclic amide) rings is 1. The third-order valence-corrected chi connectivity index (χ3v) is 5.15. The highest BCUT2D eigenvalue weighted by atomic mass is 16.2. The second kappa shape index (κ2) is 7.77. The van der Waals surface area contributed by atoms with E-state index in [0.29, 0.717) is 12.5 Å². The van der Waals surface area contributed by atoms with Crippen molar-refractivity contribution in [2.75, 3.05) is 6.54 Å². The highest BCUT2D eigenvalue weighted by Gasteiger charge is 2.25. The summed E-state index contributed by atoms with van der Waals surface area (Å²) < 4.78 is 0. The van der Waals surface area contributed by atoms with E-state index in [1.54, 1.807) is 0 Å². The maximum absolute atomic E-state index is 11.0. The van der Waals surface area contributed by atoms with Crippen molar-refractivity contribution in [3.8, 4) is 0 Å². The van der Waals surface area contributed by atoms with Crippen LogP contribution in [0.5, 0.6) is 0 Å². The Morgan fingerprint density at radius 3 is 2.55 bits per heavy atom. The first-order valence-electron chi connectivity index (χ1n) is 8.88. The van der Waals surface area contributed by atoms with Crippen LogP contribution in [0, 0.1) is 5.92 Å². The molecule has 1 aliphatic carbocycles. The minimum Gasteiger partial charge on any atom is -0.352 e. The maximum Gasteiger partial charge on any atom is 0.222 e. The summed E-state index contributed by atoms with van der Waals surface area (Å²) in [7, 11) is 0. The van der Waals surface area contributed by atoms with Crippen LogP contribution < -0.4 is 10.6 Å². The van der Waals surface area contributed by atoms with E-state index in [2.05, 4.69) is 34.9 Å². The van der Waals surface area contributed by atoms with Crippen LogP contribution in [0.15, 0.2) is 24.3 Å². The fraction of sp³-hybridized carbons (Fsp3) is 0.632. The minimum absolute atomic E-state index is 0.188. The molecule has 1 saturated heterocycles. The monoisotopic (exact) mass is 300 g/mol. The lowest BCUT2D eigenvalue weighted by molar-refractivity contribution is -0.128. The van der Waals surface area contributed by atoms with Crippen LogP contribution in [0.1, 0.15) is 56.1 Å². The van der Waals surface area contributed by atoms with Crippen molar-refractivity contribution in [2.24, 2.45) is 5.92 Å². The average Bonchev–Trinajstić information content (AvgIpc) is 2.52. The van der Waals surface area contributed by atoms with E-state index in [0.717, 1.165) is 25.4 Å². The molecule has 3 nitrogen and oxygen atoms in total. The minimum atomic E-state index is 0.188. The molecule has 3 rings (SSSR count). The summed E-state index contributed by atoms with van der Waals surface area (Å²) in [5, 5.41) is 6.59. The van der Waals surface area contributed by atoms with E-state index in [9.17, 15) is 4.79 Å². The summed E-state index contributed by atoms with van der Waals surface area (Å²) in [5.74, 6) is 1.13. The lowest BCUT2D eigenvalue weighted by Crippen LogP contribution is -2.49. The normalized spacial score (nSPS) is 22.2. The van der Waals surface area contributed by atoms with Crippen LogP contribution in [0.2, 0.25) is 0 Å². The standard InChI is InChI=1S/C19H28N2O/c22-19-13-18(21-19)12-16-8-4-5-9-17(16)14-20-11-10-15-6-2-1-3-7-15/h4-5,8-9,15,18,20H,1-3,6-7,10-14H2,(H,21,22). The number of hydrogen-bond acceptors (Lipinski definition) is 2. The van der Waals surface area contributed by atoms with Gasteiger partial charge >= 0.3 is 0 Å². The molecule has 1 heterocycles. The number of benzene rings is 1. The van der Waals surface area contributed by atoms with Gasteiger partial charge in [0.15, 0.2) is 0 Å². The van der Waals surface area contributed by atoms with Gasteiger partial charge in [-0.3, -0.25) is 4.79 Å². The average molecular weight is 300 g/mol. The van der Waals surface area contributed by atoms with E-state index < -0.39 is 0 Å². The van der Waals surface area contributed by atoms with E-state index in [4.69, 9.17) is 0 Å². The maximum atomic E-state index is 11.0. The molecule has 0 spiro atoms. The lowest BCUT2D eigenvalue weighted by atomic mass is 9.87. The topological polar surface area (TPSA) is 41.1 Å². The molecule has 1 aromatic carbocycles.